The number of esters is 1. The Hall–Kier alpha value is -0.730. The van der Waals surface area contributed by atoms with E-state index in [2.05, 4.69) is 50.6 Å². The van der Waals surface area contributed by atoms with Crippen LogP contribution in [0.5, 0.6) is 0 Å². The van der Waals surface area contributed by atoms with Gasteiger partial charge in [-0.3, -0.25) is 4.79 Å². The number of rotatable bonds is 19. The number of nitrogens with two attached hydrogens (primary N) is 1. The summed E-state index contributed by atoms with van der Waals surface area (Å²) < 4.78 is 5.78. The molecule has 0 amide bonds. The Morgan fingerprint density at radius 1 is 0.870 bits per heavy atom. The molecule has 268 valence electrons. The number of fused-ring (bicyclic) bond motifs is 5. The summed E-state index contributed by atoms with van der Waals surface area (Å²) in [5.74, 6) is 4.18. The van der Waals surface area contributed by atoms with Gasteiger partial charge >= 0.3 is 5.97 Å². The van der Waals surface area contributed by atoms with E-state index in [4.69, 9.17) is 10.5 Å². The Labute approximate surface area is 283 Å². The van der Waals surface area contributed by atoms with Gasteiger partial charge in [0.1, 0.15) is 6.10 Å². The molecule has 1 unspecified atom stereocenters. The molecular weight excluding hydrogens is 572 g/mol. The minimum atomic E-state index is -0.854. The van der Waals surface area contributed by atoms with Gasteiger partial charge < -0.3 is 31.5 Å². The molecule has 4 aliphatic carbocycles. The lowest BCUT2D eigenvalue weighted by Crippen LogP contribution is -2.71. The lowest BCUT2D eigenvalue weighted by molar-refractivity contribution is -0.237. The Morgan fingerprint density at radius 2 is 1.57 bits per heavy atom. The summed E-state index contributed by atoms with van der Waals surface area (Å²) in [4.78, 5) is 12.0. The summed E-state index contributed by atoms with van der Waals surface area (Å²) in [7, 11) is 0. The SMILES string of the molecule is CC(=O)O[C@H]1CC[C@]2(C)[C@H]3CC[C@]4(C)[C@@H]([C@H](C)CCCC(C)C)CC[C@H]4C3C[C@@H](NCCCNCCCCNCCCN)[C@@]2(O)C1. The zero-order valence-electron chi connectivity index (χ0n) is 30.8. The number of carbonyl (C=O) groups is 1. The van der Waals surface area contributed by atoms with Crippen molar-refractivity contribution in [1.82, 2.24) is 16.0 Å². The second-order valence-electron chi connectivity index (χ2n) is 17.2. The number of ether oxygens (including phenoxy) is 1. The summed E-state index contributed by atoms with van der Waals surface area (Å²) in [6, 6.07) is 0.0431. The third kappa shape index (κ3) is 8.70. The van der Waals surface area contributed by atoms with Crippen LogP contribution in [-0.2, 0) is 9.53 Å². The van der Waals surface area contributed by atoms with Crippen LogP contribution in [-0.4, -0.2) is 68.1 Å². The average molecular weight is 647 g/mol. The van der Waals surface area contributed by atoms with Gasteiger partial charge in [0, 0.05) is 24.8 Å². The van der Waals surface area contributed by atoms with Crippen LogP contribution in [0.2, 0.25) is 0 Å². The fourth-order valence-corrected chi connectivity index (χ4v) is 11.4. The monoisotopic (exact) mass is 647 g/mol. The van der Waals surface area contributed by atoms with E-state index in [0.717, 1.165) is 95.0 Å². The van der Waals surface area contributed by atoms with E-state index < -0.39 is 5.60 Å². The number of nitrogens with one attached hydrogen (secondary N) is 3. The zero-order valence-corrected chi connectivity index (χ0v) is 30.8. The number of unbranched alkanes of at least 4 members (excludes halogenated alkanes) is 1. The molecule has 0 aromatic carbocycles. The minimum absolute atomic E-state index is 0.0431. The van der Waals surface area contributed by atoms with E-state index in [1.807, 2.05) is 0 Å². The first-order valence-corrected chi connectivity index (χ1v) is 19.7. The zero-order chi connectivity index (χ0) is 33.4. The Morgan fingerprint density at radius 3 is 2.24 bits per heavy atom. The molecule has 7 nitrogen and oxygen atoms in total. The van der Waals surface area contributed by atoms with E-state index in [-0.39, 0.29) is 23.5 Å². The molecule has 4 aliphatic rings. The second-order valence-corrected chi connectivity index (χ2v) is 17.2. The van der Waals surface area contributed by atoms with Crippen LogP contribution in [0.1, 0.15) is 138 Å². The van der Waals surface area contributed by atoms with Gasteiger partial charge in [0.2, 0.25) is 0 Å². The van der Waals surface area contributed by atoms with Gasteiger partial charge in [0.25, 0.3) is 0 Å². The average Bonchev–Trinajstić information content (AvgIpc) is 3.35. The van der Waals surface area contributed by atoms with Crippen molar-refractivity contribution in [2.24, 2.45) is 52.1 Å². The predicted molar refractivity (Wildman–Crippen MR) is 191 cm³/mol. The highest BCUT2D eigenvalue weighted by atomic mass is 16.5. The van der Waals surface area contributed by atoms with Crippen LogP contribution in [0.4, 0.5) is 0 Å². The maximum absolute atomic E-state index is 12.8. The third-order valence-corrected chi connectivity index (χ3v) is 13.8. The van der Waals surface area contributed by atoms with Gasteiger partial charge in [0.05, 0.1) is 5.60 Å². The topological polar surface area (TPSA) is 109 Å². The Balaban J connectivity index is 1.39. The first-order valence-electron chi connectivity index (χ1n) is 19.7. The van der Waals surface area contributed by atoms with Crippen LogP contribution in [0.15, 0.2) is 0 Å². The van der Waals surface area contributed by atoms with Crippen LogP contribution in [0.3, 0.4) is 0 Å². The molecule has 0 aromatic heterocycles. The summed E-state index contributed by atoms with van der Waals surface area (Å²) in [5.41, 5.74) is 4.99. The molecule has 7 heteroatoms. The van der Waals surface area contributed by atoms with Gasteiger partial charge in [-0.25, -0.2) is 0 Å². The molecule has 46 heavy (non-hydrogen) atoms. The molecule has 0 aromatic rings. The van der Waals surface area contributed by atoms with Crippen molar-refractivity contribution in [3.8, 4) is 0 Å². The Bertz CT molecular complexity index is 933. The minimum Gasteiger partial charge on any atom is -0.462 e. The van der Waals surface area contributed by atoms with Crippen molar-refractivity contribution in [2.75, 3.05) is 39.3 Å². The Kier molecular flexibility index (Phi) is 14.3. The number of hydrogen-bond donors (Lipinski definition) is 5. The molecule has 0 heterocycles. The van der Waals surface area contributed by atoms with Crippen molar-refractivity contribution in [3.05, 3.63) is 0 Å². The first kappa shape index (κ1) is 38.1. The molecular formula is C39H74N4O3. The molecule has 0 spiro atoms. The second kappa shape index (κ2) is 17.3. The van der Waals surface area contributed by atoms with Crippen LogP contribution in [0.25, 0.3) is 0 Å². The summed E-state index contributed by atoms with van der Waals surface area (Å²) in [6.07, 6.45) is 17.1. The highest BCUT2D eigenvalue weighted by Crippen LogP contribution is 2.69. The summed E-state index contributed by atoms with van der Waals surface area (Å²) >= 11 is 0. The van der Waals surface area contributed by atoms with E-state index >= 15 is 0 Å². The normalized spacial score (nSPS) is 37.8. The number of carbonyl (C=O) groups excluding carboxylic acids is 1. The van der Waals surface area contributed by atoms with Crippen molar-refractivity contribution in [1.29, 1.82) is 0 Å². The molecule has 4 fully saturated rings. The standard InChI is InChI=1S/C39H74N4O3/c1-28(2)12-9-13-29(3)33-14-15-34-32-26-36(43-25-11-24-42-22-8-7-21-41-23-10-20-40)39(45)27-31(46-30(4)44)16-19-38(39,6)35(32)17-18-37(33,34)5/h28-29,31-36,41-43,45H,7-27,40H2,1-6H3/t29-,31+,32?,33-,34+,35+,36-,37-,38-,39+/m1/s1. The molecule has 4 rings (SSSR count). The van der Waals surface area contributed by atoms with E-state index in [1.54, 1.807) is 0 Å². The van der Waals surface area contributed by atoms with Gasteiger partial charge in [-0.15, -0.1) is 0 Å². The number of hydrogen-bond acceptors (Lipinski definition) is 7. The molecule has 6 N–H and O–H groups in total. The molecule has 0 saturated heterocycles. The fourth-order valence-electron chi connectivity index (χ4n) is 11.4. The van der Waals surface area contributed by atoms with Crippen molar-refractivity contribution >= 4 is 5.97 Å². The van der Waals surface area contributed by atoms with Crippen LogP contribution >= 0.6 is 0 Å². The molecule has 0 aliphatic heterocycles. The lowest BCUT2D eigenvalue weighted by Gasteiger charge is -2.66. The van der Waals surface area contributed by atoms with Crippen molar-refractivity contribution in [2.45, 2.75) is 156 Å². The lowest BCUT2D eigenvalue weighted by atomic mass is 9.42. The fraction of sp³-hybridized carbons (Fsp3) is 0.974. The van der Waals surface area contributed by atoms with E-state index in [1.165, 1.54) is 64.7 Å². The predicted octanol–water partition coefficient (Wildman–Crippen LogP) is 6.42. The molecule has 4 saturated carbocycles. The summed E-state index contributed by atoms with van der Waals surface area (Å²) in [6.45, 7) is 19.7. The van der Waals surface area contributed by atoms with Crippen LogP contribution < -0.4 is 21.7 Å². The summed E-state index contributed by atoms with van der Waals surface area (Å²) in [5, 5.41) is 23.9. The van der Waals surface area contributed by atoms with Gasteiger partial charge in [-0.1, -0.05) is 53.9 Å². The first-order chi connectivity index (χ1) is 22.0. The maximum atomic E-state index is 12.8. The largest absolute Gasteiger partial charge is 0.462 e. The molecule has 0 radical (unpaired) electrons. The van der Waals surface area contributed by atoms with E-state index in [9.17, 15) is 9.90 Å². The van der Waals surface area contributed by atoms with Crippen molar-refractivity contribution < 1.29 is 14.6 Å². The molecule has 0 bridgehead atoms. The quantitative estimate of drug-likeness (QED) is 0.0814. The van der Waals surface area contributed by atoms with E-state index in [0.29, 0.717) is 23.7 Å². The van der Waals surface area contributed by atoms with Gasteiger partial charge in [-0.2, -0.15) is 0 Å². The smallest absolute Gasteiger partial charge is 0.302 e. The van der Waals surface area contributed by atoms with Crippen molar-refractivity contribution in [3.63, 3.8) is 0 Å². The van der Waals surface area contributed by atoms with Crippen LogP contribution in [0, 0.1) is 46.3 Å². The third-order valence-electron chi connectivity index (χ3n) is 13.8. The molecule has 10 atom stereocenters. The highest BCUT2D eigenvalue weighted by molar-refractivity contribution is 5.66. The highest BCUT2D eigenvalue weighted by Gasteiger charge is 2.67. The number of aliphatic hydroxyl groups is 1. The van der Waals surface area contributed by atoms with Gasteiger partial charge in [-0.05, 0) is 151 Å². The maximum Gasteiger partial charge on any atom is 0.302 e. The van der Waals surface area contributed by atoms with Gasteiger partial charge in [0.15, 0.2) is 0 Å².